The van der Waals surface area contributed by atoms with E-state index in [4.69, 9.17) is 14.2 Å². The number of nitrogens with one attached hydrogen (secondary N) is 1. The minimum Gasteiger partial charge on any atom is -0.493 e. The third kappa shape index (κ3) is 5.72. The van der Waals surface area contributed by atoms with Crippen LogP contribution in [0.1, 0.15) is 24.3 Å². The lowest BCUT2D eigenvalue weighted by Gasteiger charge is -2.17. The number of rotatable bonds is 12. The van der Waals surface area contributed by atoms with E-state index in [9.17, 15) is 18.3 Å². The number of benzene rings is 1. The van der Waals surface area contributed by atoms with E-state index in [-0.39, 0.29) is 23.7 Å². The molecule has 0 fully saturated rings. The van der Waals surface area contributed by atoms with E-state index in [1.807, 2.05) is 0 Å². The van der Waals surface area contributed by atoms with Crippen molar-refractivity contribution in [1.29, 1.82) is 0 Å². The highest BCUT2D eigenvalue weighted by Gasteiger charge is 2.25. The number of hydrogen-bond donors (Lipinski definition) is 2. The van der Waals surface area contributed by atoms with E-state index in [1.165, 1.54) is 35.4 Å². The summed E-state index contributed by atoms with van der Waals surface area (Å²) in [7, 11) is 0.892. The van der Waals surface area contributed by atoms with Gasteiger partial charge in [0, 0.05) is 32.9 Å². The minimum atomic E-state index is -3.68. The Morgan fingerprint density at radius 3 is 2.31 bits per heavy atom. The Morgan fingerprint density at radius 2 is 1.78 bits per heavy atom. The molecule has 1 atom stereocenters. The number of aryl methyl sites for hydroxylation is 1. The van der Waals surface area contributed by atoms with E-state index in [0.29, 0.717) is 30.3 Å². The van der Waals surface area contributed by atoms with Crippen LogP contribution in [-0.4, -0.2) is 74.9 Å². The second-order valence-electron chi connectivity index (χ2n) is 6.93. The molecular weight excluding hydrogens is 438 g/mol. The number of methoxy groups -OCH3 is 2. The molecule has 0 bridgehead atoms. The van der Waals surface area contributed by atoms with Crippen molar-refractivity contribution in [2.45, 2.75) is 24.8 Å². The van der Waals surface area contributed by atoms with Crippen molar-refractivity contribution < 1.29 is 32.5 Å². The smallest absolute Gasteiger partial charge is 0.268 e. The molecule has 1 unspecified atom stereocenters. The van der Waals surface area contributed by atoms with Gasteiger partial charge in [0.15, 0.2) is 11.5 Å². The summed E-state index contributed by atoms with van der Waals surface area (Å²) in [6, 6.07) is 6.47. The number of carbonyl (C=O) groups excluding carboxylic acids is 1. The van der Waals surface area contributed by atoms with Gasteiger partial charge in [-0.3, -0.25) is 4.79 Å². The van der Waals surface area contributed by atoms with Gasteiger partial charge in [-0.25, -0.2) is 8.42 Å². The monoisotopic (exact) mass is 469 g/mol. The van der Waals surface area contributed by atoms with Gasteiger partial charge in [-0.05, 0) is 18.2 Å². The molecule has 0 saturated heterocycles. The van der Waals surface area contributed by atoms with Crippen LogP contribution in [0.2, 0.25) is 0 Å². The number of hydrogen-bond acceptors (Lipinski definition) is 7. The SMILES string of the molecule is CCN(CC)S(=O)(=O)c1cc(C(=O)NCC(O)COc2c(OC)cccc2OC)n(C)c1. The zero-order valence-electron chi connectivity index (χ0n) is 19.0. The van der Waals surface area contributed by atoms with Gasteiger partial charge < -0.3 is 29.2 Å². The van der Waals surface area contributed by atoms with Crippen molar-refractivity contribution in [3.8, 4) is 17.2 Å². The summed E-state index contributed by atoms with van der Waals surface area (Å²) >= 11 is 0. The number of aliphatic hydroxyl groups is 1. The van der Waals surface area contributed by atoms with Crippen molar-refractivity contribution in [2.24, 2.45) is 7.05 Å². The molecular formula is C21H31N3O7S. The van der Waals surface area contributed by atoms with Gasteiger partial charge in [-0.15, -0.1) is 0 Å². The van der Waals surface area contributed by atoms with Crippen molar-refractivity contribution in [1.82, 2.24) is 14.2 Å². The van der Waals surface area contributed by atoms with Gasteiger partial charge in [-0.1, -0.05) is 19.9 Å². The average Bonchev–Trinajstić information content (AvgIpc) is 3.18. The van der Waals surface area contributed by atoms with Gasteiger partial charge in [0.05, 0.1) is 14.2 Å². The number of amides is 1. The van der Waals surface area contributed by atoms with Crippen molar-refractivity contribution >= 4 is 15.9 Å². The Kier molecular flexibility index (Phi) is 8.93. The number of aromatic nitrogens is 1. The van der Waals surface area contributed by atoms with E-state index in [2.05, 4.69) is 5.32 Å². The van der Waals surface area contributed by atoms with E-state index < -0.39 is 22.0 Å². The molecule has 2 N–H and O–H groups in total. The van der Waals surface area contributed by atoms with Gasteiger partial charge >= 0.3 is 0 Å². The van der Waals surface area contributed by atoms with Crippen LogP contribution < -0.4 is 19.5 Å². The first-order chi connectivity index (χ1) is 15.2. The molecule has 0 aliphatic rings. The zero-order valence-corrected chi connectivity index (χ0v) is 19.8. The Morgan fingerprint density at radius 1 is 1.19 bits per heavy atom. The molecule has 1 amide bonds. The fourth-order valence-electron chi connectivity index (χ4n) is 3.11. The van der Waals surface area contributed by atoms with Crippen LogP contribution in [0.5, 0.6) is 17.2 Å². The van der Waals surface area contributed by atoms with Gasteiger partial charge in [0.2, 0.25) is 15.8 Å². The topological polar surface area (TPSA) is 119 Å². The summed E-state index contributed by atoms with van der Waals surface area (Å²) < 4.78 is 44.2. The molecule has 0 spiro atoms. The maximum absolute atomic E-state index is 12.7. The molecule has 10 nitrogen and oxygen atoms in total. The Hall–Kier alpha value is -2.76. The van der Waals surface area contributed by atoms with E-state index in [0.717, 1.165) is 0 Å². The van der Waals surface area contributed by atoms with Crippen LogP contribution in [0, 0.1) is 0 Å². The predicted molar refractivity (Wildman–Crippen MR) is 119 cm³/mol. The molecule has 11 heteroatoms. The third-order valence-corrected chi connectivity index (χ3v) is 6.87. The van der Waals surface area contributed by atoms with Crippen molar-refractivity contribution in [3.05, 3.63) is 36.2 Å². The summed E-state index contributed by atoms with van der Waals surface area (Å²) in [5.41, 5.74) is 0.162. The molecule has 32 heavy (non-hydrogen) atoms. The molecule has 0 radical (unpaired) electrons. The maximum Gasteiger partial charge on any atom is 0.268 e. The van der Waals surface area contributed by atoms with Crippen molar-refractivity contribution in [3.63, 3.8) is 0 Å². The molecule has 1 aromatic heterocycles. The van der Waals surface area contributed by atoms with Gasteiger partial charge in [0.1, 0.15) is 23.3 Å². The zero-order chi connectivity index (χ0) is 23.9. The molecule has 178 valence electrons. The Labute approximate surface area is 188 Å². The molecule has 0 aliphatic carbocycles. The standard InChI is InChI=1S/C21H31N3O7S/c1-6-24(7-2)32(27,28)16-11-17(23(3)13-16)21(26)22-12-15(25)14-31-20-18(29-4)9-8-10-19(20)30-5/h8-11,13,15,25H,6-7,12,14H2,1-5H3,(H,22,26). The summed E-state index contributed by atoms with van der Waals surface area (Å²) in [4.78, 5) is 12.6. The second-order valence-corrected chi connectivity index (χ2v) is 8.87. The quantitative estimate of drug-likeness (QED) is 0.480. The fraction of sp³-hybridized carbons (Fsp3) is 0.476. The Balaban J connectivity index is 2.01. The first kappa shape index (κ1) is 25.5. The minimum absolute atomic E-state index is 0.0426. The lowest BCUT2D eigenvalue weighted by molar-refractivity contribution is 0.0827. The molecule has 0 aliphatic heterocycles. The van der Waals surface area contributed by atoms with E-state index in [1.54, 1.807) is 39.1 Å². The summed E-state index contributed by atoms with van der Waals surface area (Å²) in [6.45, 7) is 3.95. The highest BCUT2D eigenvalue weighted by molar-refractivity contribution is 7.89. The van der Waals surface area contributed by atoms with Crippen LogP contribution in [0.4, 0.5) is 0 Å². The van der Waals surface area contributed by atoms with Gasteiger partial charge in [0.25, 0.3) is 5.91 Å². The highest BCUT2D eigenvalue weighted by atomic mass is 32.2. The lowest BCUT2D eigenvalue weighted by atomic mass is 10.3. The molecule has 1 aromatic carbocycles. The fourth-order valence-corrected chi connectivity index (χ4v) is 4.64. The second kappa shape index (κ2) is 11.2. The third-order valence-electron chi connectivity index (χ3n) is 4.86. The highest BCUT2D eigenvalue weighted by Crippen LogP contribution is 2.36. The number of para-hydroxylation sites is 1. The summed E-state index contributed by atoms with van der Waals surface area (Å²) in [6.07, 6.45) is 0.378. The van der Waals surface area contributed by atoms with Gasteiger partial charge in [-0.2, -0.15) is 4.31 Å². The molecule has 0 saturated carbocycles. The molecule has 2 aromatic rings. The number of nitrogens with zero attached hydrogens (tertiary/aromatic N) is 2. The lowest BCUT2D eigenvalue weighted by Crippen LogP contribution is -2.36. The molecule has 2 rings (SSSR count). The first-order valence-corrected chi connectivity index (χ1v) is 11.6. The number of carbonyl (C=O) groups is 1. The maximum atomic E-state index is 12.7. The Bertz CT molecular complexity index is 994. The predicted octanol–water partition coefficient (Wildman–Crippen LogP) is 1.24. The first-order valence-electron chi connectivity index (χ1n) is 10.2. The average molecular weight is 470 g/mol. The van der Waals surface area contributed by atoms with Crippen LogP contribution in [-0.2, 0) is 17.1 Å². The van der Waals surface area contributed by atoms with Crippen molar-refractivity contribution in [2.75, 3.05) is 40.5 Å². The normalized spacial score (nSPS) is 12.5. The number of ether oxygens (including phenoxy) is 3. The number of aliphatic hydroxyl groups excluding tert-OH is 1. The summed E-state index contributed by atoms with van der Waals surface area (Å²) in [5, 5.41) is 12.8. The molecule has 1 heterocycles. The largest absolute Gasteiger partial charge is 0.493 e. The summed E-state index contributed by atoms with van der Waals surface area (Å²) in [5.74, 6) is 0.733. The van der Waals surface area contributed by atoms with Crippen LogP contribution in [0.3, 0.4) is 0 Å². The number of sulfonamides is 1. The van der Waals surface area contributed by atoms with Crippen LogP contribution in [0.25, 0.3) is 0 Å². The van der Waals surface area contributed by atoms with Crippen LogP contribution >= 0.6 is 0 Å². The van der Waals surface area contributed by atoms with E-state index >= 15 is 0 Å². The van der Waals surface area contributed by atoms with Crippen LogP contribution in [0.15, 0.2) is 35.4 Å².